The lowest BCUT2D eigenvalue weighted by molar-refractivity contribution is -0.384. The minimum absolute atomic E-state index is 0.0140. The summed E-state index contributed by atoms with van der Waals surface area (Å²) in [6, 6.07) is 6.24. The lowest BCUT2D eigenvalue weighted by Crippen LogP contribution is -2.23. The van der Waals surface area contributed by atoms with Gasteiger partial charge in [-0.1, -0.05) is 19.3 Å². The van der Waals surface area contributed by atoms with Gasteiger partial charge in [0.2, 0.25) is 0 Å². The SMILES string of the molecule is O=C(O)CCCCCCCNC(=O)c1cc2cc([N+](=O)[O-])ccc2s1. The summed E-state index contributed by atoms with van der Waals surface area (Å²) < 4.78 is 0.842. The third-order valence-electron chi connectivity index (χ3n) is 3.79. The Labute approximate surface area is 148 Å². The van der Waals surface area contributed by atoms with Crippen LogP contribution in [0.25, 0.3) is 10.1 Å². The van der Waals surface area contributed by atoms with Gasteiger partial charge in [0.25, 0.3) is 11.6 Å². The number of carboxylic acid groups (broad SMARTS) is 1. The van der Waals surface area contributed by atoms with E-state index in [1.54, 1.807) is 12.1 Å². The van der Waals surface area contributed by atoms with Gasteiger partial charge >= 0.3 is 5.97 Å². The van der Waals surface area contributed by atoms with Crippen molar-refractivity contribution in [3.8, 4) is 0 Å². The number of nitro groups is 1. The molecule has 8 heteroatoms. The summed E-state index contributed by atoms with van der Waals surface area (Å²) >= 11 is 1.31. The van der Waals surface area contributed by atoms with Crippen molar-refractivity contribution >= 4 is 39.0 Å². The Bertz CT molecular complexity index is 771. The number of rotatable bonds is 10. The number of non-ortho nitro benzene ring substituents is 1. The molecule has 0 saturated carbocycles. The molecule has 0 bridgehead atoms. The fourth-order valence-electron chi connectivity index (χ4n) is 2.48. The average Bonchev–Trinajstić information content (AvgIpc) is 2.99. The maximum absolute atomic E-state index is 12.1. The van der Waals surface area contributed by atoms with Crippen molar-refractivity contribution in [3.05, 3.63) is 39.3 Å². The van der Waals surface area contributed by atoms with Gasteiger partial charge in [-0.3, -0.25) is 19.7 Å². The number of unbranched alkanes of at least 4 members (excludes halogenated alkanes) is 4. The fraction of sp³-hybridized carbons (Fsp3) is 0.412. The molecule has 2 N–H and O–H groups in total. The summed E-state index contributed by atoms with van der Waals surface area (Å²) in [4.78, 5) is 33.4. The molecule has 2 rings (SSSR count). The molecular weight excluding hydrogens is 344 g/mol. The van der Waals surface area contributed by atoms with Crippen LogP contribution in [0, 0.1) is 10.1 Å². The first-order chi connectivity index (χ1) is 12.0. The van der Waals surface area contributed by atoms with Gasteiger partial charge in [-0.25, -0.2) is 0 Å². The van der Waals surface area contributed by atoms with Crippen LogP contribution in [0.1, 0.15) is 48.2 Å². The van der Waals surface area contributed by atoms with Crippen LogP contribution >= 0.6 is 11.3 Å². The van der Waals surface area contributed by atoms with Crippen LogP contribution in [0.4, 0.5) is 5.69 Å². The smallest absolute Gasteiger partial charge is 0.303 e. The first-order valence-corrected chi connectivity index (χ1v) is 8.97. The van der Waals surface area contributed by atoms with Crippen LogP contribution < -0.4 is 5.32 Å². The molecule has 7 nitrogen and oxygen atoms in total. The molecule has 1 heterocycles. The van der Waals surface area contributed by atoms with E-state index in [1.807, 2.05) is 0 Å². The highest BCUT2D eigenvalue weighted by Crippen LogP contribution is 2.28. The van der Waals surface area contributed by atoms with E-state index in [4.69, 9.17) is 5.11 Å². The molecule has 134 valence electrons. The van der Waals surface area contributed by atoms with E-state index in [0.29, 0.717) is 23.2 Å². The molecular formula is C17H20N2O5S. The van der Waals surface area contributed by atoms with Gasteiger partial charge in [-0.05, 0) is 25.0 Å². The number of amides is 1. The van der Waals surface area contributed by atoms with Crippen molar-refractivity contribution in [1.82, 2.24) is 5.32 Å². The molecule has 0 saturated heterocycles. The number of aliphatic carboxylic acids is 1. The summed E-state index contributed by atoms with van der Waals surface area (Å²) in [5.74, 6) is -0.935. The second-order valence-corrected chi connectivity index (χ2v) is 6.84. The van der Waals surface area contributed by atoms with E-state index < -0.39 is 10.9 Å². The highest BCUT2D eigenvalue weighted by atomic mass is 32.1. The highest BCUT2D eigenvalue weighted by molar-refractivity contribution is 7.20. The van der Waals surface area contributed by atoms with Crippen molar-refractivity contribution in [2.45, 2.75) is 38.5 Å². The predicted octanol–water partition coefficient (Wildman–Crippen LogP) is 3.96. The zero-order chi connectivity index (χ0) is 18.2. The third-order valence-corrected chi connectivity index (χ3v) is 4.90. The van der Waals surface area contributed by atoms with Crippen LogP contribution in [0.5, 0.6) is 0 Å². The Morgan fingerprint density at radius 2 is 1.84 bits per heavy atom. The Morgan fingerprint density at radius 1 is 1.12 bits per heavy atom. The first-order valence-electron chi connectivity index (χ1n) is 8.15. The zero-order valence-corrected chi connectivity index (χ0v) is 14.5. The number of carboxylic acids is 1. The summed E-state index contributed by atoms with van der Waals surface area (Å²) in [5, 5.41) is 22.9. The molecule has 0 aliphatic heterocycles. The van der Waals surface area contributed by atoms with E-state index in [9.17, 15) is 19.7 Å². The maximum Gasteiger partial charge on any atom is 0.303 e. The summed E-state index contributed by atoms with van der Waals surface area (Å²) in [5.41, 5.74) is 0.0140. The van der Waals surface area contributed by atoms with Crippen LogP contribution in [0.3, 0.4) is 0 Å². The Hall–Kier alpha value is -2.48. The molecule has 1 aromatic heterocycles. The van der Waals surface area contributed by atoms with Gasteiger partial charge in [-0.2, -0.15) is 0 Å². The number of nitrogens with one attached hydrogen (secondary N) is 1. The van der Waals surface area contributed by atoms with E-state index in [2.05, 4.69) is 5.32 Å². The van der Waals surface area contributed by atoms with Crippen molar-refractivity contribution in [2.75, 3.05) is 6.54 Å². The van der Waals surface area contributed by atoms with Gasteiger partial charge in [-0.15, -0.1) is 11.3 Å². The third kappa shape index (κ3) is 5.82. The normalized spacial score (nSPS) is 10.7. The van der Waals surface area contributed by atoms with Gasteiger partial charge in [0, 0.05) is 35.2 Å². The topological polar surface area (TPSA) is 110 Å². The lowest BCUT2D eigenvalue weighted by Gasteiger charge is -2.03. The molecule has 0 unspecified atom stereocenters. The molecule has 0 aliphatic rings. The molecule has 25 heavy (non-hydrogen) atoms. The summed E-state index contributed by atoms with van der Waals surface area (Å²) in [6.07, 6.45) is 4.52. The lowest BCUT2D eigenvalue weighted by atomic mass is 10.1. The van der Waals surface area contributed by atoms with E-state index in [1.165, 1.54) is 23.5 Å². The number of nitro benzene ring substituents is 1. The van der Waals surface area contributed by atoms with Crippen molar-refractivity contribution in [3.63, 3.8) is 0 Å². The first kappa shape index (κ1) is 18.9. The Morgan fingerprint density at radius 3 is 2.56 bits per heavy atom. The average molecular weight is 364 g/mol. The van der Waals surface area contributed by atoms with E-state index in [-0.39, 0.29) is 18.0 Å². The molecule has 0 aliphatic carbocycles. The van der Waals surface area contributed by atoms with Gasteiger partial charge in [0.1, 0.15) is 0 Å². The molecule has 2 aromatic rings. The zero-order valence-electron chi connectivity index (χ0n) is 13.7. The quantitative estimate of drug-likeness (QED) is 0.377. The van der Waals surface area contributed by atoms with Gasteiger partial charge in [0.15, 0.2) is 0 Å². The number of fused-ring (bicyclic) bond motifs is 1. The molecule has 0 atom stereocenters. The number of benzene rings is 1. The largest absolute Gasteiger partial charge is 0.481 e. The maximum atomic E-state index is 12.1. The molecule has 1 aromatic carbocycles. The highest BCUT2D eigenvalue weighted by Gasteiger charge is 2.12. The van der Waals surface area contributed by atoms with Crippen LogP contribution in [0.15, 0.2) is 24.3 Å². The fourth-order valence-corrected chi connectivity index (χ4v) is 3.44. The van der Waals surface area contributed by atoms with Crippen molar-refractivity contribution in [1.29, 1.82) is 0 Å². The van der Waals surface area contributed by atoms with Crippen LogP contribution in [-0.4, -0.2) is 28.5 Å². The van der Waals surface area contributed by atoms with E-state index >= 15 is 0 Å². The Kier molecular flexibility index (Phi) is 6.88. The summed E-state index contributed by atoms with van der Waals surface area (Å²) in [7, 11) is 0. The molecule has 0 radical (unpaired) electrons. The second kappa shape index (κ2) is 9.12. The number of thiophene rings is 1. The molecule has 1 amide bonds. The number of carbonyl (C=O) groups excluding carboxylic acids is 1. The summed E-state index contributed by atoms with van der Waals surface area (Å²) in [6.45, 7) is 0.562. The van der Waals surface area contributed by atoms with Crippen LogP contribution in [-0.2, 0) is 4.79 Å². The molecule has 0 spiro atoms. The second-order valence-electron chi connectivity index (χ2n) is 5.76. The predicted molar refractivity (Wildman–Crippen MR) is 96.2 cm³/mol. The minimum atomic E-state index is -0.763. The standard InChI is InChI=1S/C17H20N2O5S/c20-16(21)6-4-2-1-3-5-9-18-17(22)15-11-12-10-13(19(23)24)7-8-14(12)25-15/h7-8,10-11H,1-6,9H2,(H,18,22)(H,20,21). The number of hydrogen-bond donors (Lipinski definition) is 2. The number of hydrogen-bond acceptors (Lipinski definition) is 5. The van der Waals surface area contributed by atoms with E-state index in [0.717, 1.165) is 30.4 Å². The molecule has 0 fully saturated rings. The van der Waals surface area contributed by atoms with Crippen molar-refractivity contribution in [2.24, 2.45) is 0 Å². The Balaban J connectivity index is 1.74. The van der Waals surface area contributed by atoms with Crippen LogP contribution in [0.2, 0.25) is 0 Å². The number of nitrogens with zero attached hydrogens (tertiary/aromatic N) is 1. The monoisotopic (exact) mass is 364 g/mol. The number of carbonyl (C=O) groups is 2. The van der Waals surface area contributed by atoms with Gasteiger partial charge < -0.3 is 10.4 Å². The minimum Gasteiger partial charge on any atom is -0.481 e. The van der Waals surface area contributed by atoms with Crippen molar-refractivity contribution < 1.29 is 19.6 Å². The van der Waals surface area contributed by atoms with Gasteiger partial charge in [0.05, 0.1) is 9.80 Å².